The summed E-state index contributed by atoms with van der Waals surface area (Å²) < 4.78 is 30.6. The van der Waals surface area contributed by atoms with Crippen LogP contribution in [0.5, 0.6) is 0 Å². The predicted molar refractivity (Wildman–Crippen MR) is 65.0 cm³/mol. The molecule has 0 fully saturated rings. The van der Waals surface area contributed by atoms with Crippen LogP contribution in [-0.2, 0) is 15.8 Å². The Kier molecular flexibility index (Phi) is 5.60. The molecule has 0 unspecified atom stereocenters. The van der Waals surface area contributed by atoms with Gasteiger partial charge >= 0.3 is 0 Å². The standard InChI is InChI=1S/C10H19N3O3S/c1-3-11-5-4-6-12-17(14,15)8-10-7-9(2)16-13-10/h7,11-12H,3-6,8H2,1-2H3. The molecule has 0 spiro atoms. The summed E-state index contributed by atoms with van der Waals surface area (Å²) in [4.78, 5) is 0. The minimum absolute atomic E-state index is 0.133. The molecule has 98 valence electrons. The summed E-state index contributed by atoms with van der Waals surface area (Å²) in [5.74, 6) is 0.480. The summed E-state index contributed by atoms with van der Waals surface area (Å²) in [5, 5.41) is 6.78. The van der Waals surface area contributed by atoms with Gasteiger partial charge in [0.2, 0.25) is 10.0 Å². The van der Waals surface area contributed by atoms with Gasteiger partial charge in [0.05, 0.1) is 0 Å². The molecule has 2 N–H and O–H groups in total. The van der Waals surface area contributed by atoms with Gasteiger partial charge < -0.3 is 9.84 Å². The zero-order valence-electron chi connectivity index (χ0n) is 10.2. The van der Waals surface area contributed by atoms with Gasteiger partial charge in [0.1, 0.15) is 17.2 Å². The highest BCUT2D eigenvalue weighted by atomic mass is 32.2. The van der Waals surface area contributed by atoms with Gasteiger partial charge in [-0.25, -0.2) is 13.1 Å². The Labute approximate surface area is 102 Å². The fourth-order valence-corrected chi connectivity index (χ4v) is 2.43. The summed E-state index contributed by atoms with van der Waals surface area (Å²) in [7, 11) is -3.31. The van der Waals surface area contributed by atoms with Crippen LogP contribution in [0.15, 0.2) is 10.6 Å². The molecule has 1 rings (SSSR count). The number of hydrogen-bond acceptors (Lipinski definition) is 5. The van der Waals surface area contributed by atoms with E-state index in [1.807, 2.05) is 6.92 Å². The third-order valence-electron chi connectivity index (χ3n) is 2.12. The average molecular weight is 261 g/mol. The van der Waals surface area contributed by atoms with Crippen LogP contribution in [0.4, 0.5) is 0 Å². The van der Waals surface area contributed by atoms with Crippen LogP contribution in [0.1, 0.15) is 24.8 Å². The van der Waals surface area contributed by atoms with Gasteiger partial charge in [-0.05, 0) is 26.4 Å². The zero-order valence-corrected chi connectivity index (χ0v) is 11.0. The first-order chi connectivity index (χ1) is 8.03. The molecule has 0 aliphatic carbocycles. The summed E-state index contributed by atoms with van der Waals surface area (Å²) in [6.07, 6.45) is 0.769. The van der Waals surface area contributed by atoms with Crippen molar-refractivity contribution < 1.29 is 12.9 Å². The maximum absolute atomic E-state index is 11.6. The Balaban J connectivity index is 2.31. The van der Waals surface area contributed by atoms with E-state index >= 15 is 0 Å². The molecule has 1 aromatic heterocycles. The van der Waals surface area contributed by atoms with Gasteiger partial charge in [-0.1, -0.05) is 12.1 Å². The normalized spacial score (nSPS) is 11.9. The summed E-state index contributed by atoms with van der Waals surface area (Å²) >= 11 is 0. The Morgan fingerprint density at radius 2 is 2.18 bits per heavy atom. The average Bonchev–Trinajstić information content (AvgIpc) is 2.62. The third kappa shape index (κ3) is 5.81. The molecule has 0 saturated heterocycles. The van der Waals surface area contributed by atoms with Crippen molar-refractivity contribution in [2.45, 2.75) is 26.0 Å². The molecule has 7 heteroatoms. The number of hydrogen-bond donors (Lipinski definition) is 2. The molecule has 1 heterocycles. The lowest BCUT2D eigenvalue weighted by Crippen LogP contribution is -2.28. The number of aryl methyl sites for hydroxylation is 1. The summed E-state index contributed by atoms with van der Waals surface area (Å²) in [6, 6.07) is 1.62. The molecule has 0 bridgehead atoms. The fraction of sp³-hybridized carbons (Fsp3) is 0.700. The van der Waals surface area contributed by atoms with Crippen molar-refractivity contribution in [3.8, 4) is 0 Å². The van der Waals surface area contributed by atoms with E-state index in [1.165, 1.54) is 0 Å². The summed E-state index contributed by atoms with van der Waals surface area (Å²) in [5.41, 5.74) is 0.432. The highest BCUT2D eigenvalue weighted by Crippen LogP contribution is 2.05. The first-order valence-corrected chi connectivity index (χ1v) is 7.29. The van der Waals surface area contributed by atoms with Crippen LogP contribution in [0.25, 0.3) is 0 Å². The lowest BCUT2D eigenvalue weighted by molar-refractivity contribution is 0.392. The maximum atomic E-state index is 11.6. The van der Waals surface area contributed by atoms with Gasteiger partial charge in [0.15, 0.2) is 0 Å². The second-order valence-electron chi connectivity index (χ2n) is 3.79. The molecule has 17 heavy (non-hydrogen) atoms. The van der Waals surface area contributed by atoms with E-state index in [1.54, 1.807) is 13.0 Å². The zero-order chi connectivity index (χ0) is 12.7. The Morgan fingerprint density at radius 3 is 2.76 bits per heavy atom. The van der Waals surface area contributed by atoms with Crippen LogP contribution in [0.2, 0.25) is 0 Å². The van der Waals surface area contributed by atoms with Gasteiger partial charge in [-0.3, -0.25) is 0 Å². The van der Waals surface area contributed by atoms with E-state index in [2.05, 4.69) is 15.2 Å². The number of nitrogens with one attached hydrogen (secondary N) is 2. The first kappa shape index (κ1) is 14.1. The van der Waals surface area contributed by atoms with E-state index in [0.29, 0.717) is 18.0 Å². The third-order valence-corrected chi connectivity index (χ3v) is 3.44. The molecular weight excluding hydrogens is 242 g/mol. The van der Waals surface area contributed by atoms with Crippen LogP contribution in [0.3, 0.4) is 0 Å². The first-order valence-electron chi connectivity index (χ1n) is 5.64. The van der Waals surface area contributed by atoms with Crippen molar-refractivity contribution in [3.63, 3.8) is 0 Å². The van der Waals surface area contributed by atoms with Crippen molar-refractivity contribution in [3.05, 3.63) is 17.5 Å². The van der Waals surface area contributed by atoms with Crippen LogP contribution >= 0.6 is 0 Å². The van der Waals surface area contributed by atoms with Crippen LogP contribution in [0, 0.1) is 6.92 Å². The van der Waals surface area contributed by atoms with Gasteiger partial charge in [0.25, 0.3) is 0 Å². The van der Waals surface area contributed by atoms with E-state index in [9.17, 15) is 8.42 Å². The van der Waals surface area contributed by atoms with Crippen molar-refractivity contribution in [1.82, 2.24) is 15.2 Å². The predicted octanol–water partition coefficient (Wildman–Crippen LogP) is 0.402. The second-order valence-corrected chi connectivity index (χ2v) is 5.60. The van der Waals surface area contributed by atoms with E-state index in [-0.39, 0.29) is 5.75 Å². The highest BCUT2D eigenvalue weighted by molar-refractivity contribution is 7.88. The van der Waals surface area contributed by atoms with E-state index < -0.39 is 10.0 Å². The molecule has 1 aromatic rings. The molecule has 0 saturated carbocycles. The van der Waals surface area contributed by atoms with E-state index in [0.717, 1.165) is 19.5 Å². The second kappa shape index (κ2) is 6.73. The Hall–Kier alpha value is -0.920. The lowest BCUT2D eigenvalue weighted by atomic mass is 10.4. The molecule has 0 amide bonds. The highest BCUT2D eigenvalue weighted by Gasteiger charge is 2.13. The number of sulfonamides is 1. The van der Waals surface area contributed by atoms with Gasteiger partial charge in [-0.15, -0.1) is 0 Å². The fourth-order valence-electron chi connectivity index (χ4n) is 1.35. The number of aromatic nitrogens is 1. The molecule has 0 aliphatic heterocycles. The van der Waals surface area contributed by atoms with Crippen molar-refractivity contribution >= 4 is 10.0 Å². The molecule has 0 atom stereocenters. The largest absolute Gasteiger partial charge is 0.361 e. The number of rotatable bonds is 8. The lowest BCUT2D eigenvalue weighted by Gasteiger charge is -2.05. The molecule has 0 radical (unpaired) electrons. The topological polar surface area (TPSA) is 84.2 Å². The van der Waals surface area contributed by atoms with Crippen LogP contribution in [-0.4, -0.2) is 33.2 Å². The maximum Gasteiger partial charge on any atom is 0.217 e. The molecule has 0 aliphatic rings. The Bertz CT molecular complexity index is 428. The summed E-state index contributed by atoms with van der Waals surface area (Å²) in [6.45, 7) is 5.88. The van der Waals surface area contributed by atoms with Crippen LogP contribution < -0.4 is 10.0 Å². The molecular formula is C10H19N3O3S. The monoisotopic (exact) mass is 261 g/mol. The number of nitrogens with zero attached hydrogens (tertiary/aromatic N) is 1. The quantitative estimate of drug-likeness (QED) is 0.662. The van der Waals surface area contributed by atoms with Gasteiger partial charge in [0, 0.05) is 12.6 Å². The van der Waals surface area contributed by atoms with Crippen molar-refractivity contribution in [2.75, 3.05) is 19.6 Å². The van der Waals surface area contributed by atoms with Crippen molar-refractivity contribution in [1.29, 1.82) is 0 Å². The molecule has 6 nitrogen and oxygen atoms in total. The van der Waals surface area contributed by atoms with Gasteiger partial charge in [-0.2, -0.15) is 0 Å². The van der Waals surface area contributed by atoms with Crippen molar-refractivity contribution in [2.24, 2.45) is 0 Å². The molecule has 0 aromatic carbocycles. The van der Waals surface area contributed by atoms with E-state index in [4.69, 9.17) is 4.52 Å². The SMILES string of the molecule is CCNCCCNS(=O)(=O)Cc1cc(C)on1. The minimum atomic E-state index is -3.31. The smallest absolute Gasteiger partial charge is 0.217 e. The Morgan fingerprint density at radius 1 is 1.41 bits per heavy atom. The minimum Gasteiger partial charge on any atom is -0.361 e.